The van der Waals surface area contributed by atoms with Crippen molar-refractivity contribution in [1.29, 1.82) is 10.5 Å². The monoisotopic (exact) mass is 712 g/mol. The van der Waals surface area contributed by atoms with Crippen LogP contribution < -0.4 is 10.6 Å². The van der Waals surface area contributed by atoms with Crippen molar-refractivity contribution in [1.82, 2.24) is 28.6 Å². The SMILES string of the molecule is CNc1nc(NC2CCN(Cc3ccc4c(cc(C#N)n4CCN4CCN(S(C)=O)C(C#N)C4)c3C)CC2)c2cc(CC(F)(F)F)sc2n1. The van der Waals surface area contributed by atoms with Gasteiger partial charge in [0.2, 0.25) is 5.95 Å². The van der Waals surface area contributed by atoms with Crippen LogP contribution in [0.1, 0.15) is 34.5 Å². The normalized spacial score (nSPS) is 19.2. The van der Waals surface area contributed by atoms with E-state index in [2.05, 4.69) is 66.2 Å². The molecular formula is C33H39F3N10OS2. The molecule has 0 aliphatic carbocycles. The first-order chi connectivity index (χ1) is 23.5. The van der Waals surface area contributed by atoms with E-state index < -0.39 is 29.6 Å². The second-order valence-electron chi connectivity index (χ2n) is 12.6. The molecule has 2 atom stereocenters. The van der Waals surface area contributed by atoms with Crippen molar-refractivity contribution in [3.63, 3.8) is 0 Å². The van der Waals surface area contributed by atoms with Gasteiger partial charge >= 0.3 is 6.18 Å². The molecule has 1 aromatic carbocycles. The third-order valence-electron chi connectivity index (χ3n) is 9.48. The molecule has 0 radical (unpaired) electrons. The molecule has 11 nitrogen and oxygen atoms in total. The van der Waals surface area contributed by atoms with E-state index in [0.29, 0.717) is 60.4 Å². The van der Waals surface area contributed by atoms with Crippen molar-refractivity contribution in [3.05, 3.63) is 46.0 Å². The fraction of sp³-hybridized carbons (Fsp3) is 0.515. The minimum atomic E-state index is -4.29. The number of benzene rings is 1. The maximum absolute atomic E-state index is 13.1. The van der Waals surface area contributed by atoms with Crippen LogP contribution in [0, 0.1) is 29.6 Å². The molecule has 2 N–H and O–H groups in total. The number of thiophene rings is 1. The summed E-state index contributed by atoms with van der Waals surface area (Å²) in [6, 6.07) is 12.1. The predicted octanol–water partition coefficient (Wildman–Crippen LogP) is 4.85. The Hall–Kier alpha value is -3.80. The van der Waals surface area contributed by atoms with Gasteiger partial charge in [-0.3, -0.25) is 9.80 Å². The highest BCUT2D eigenvalue weighted by molar-refractivity contribution is 7.81. The third kappa shape index (κ3) is 7.84. The topological polar surface area (TPSA) is 129 Å². The number of fused-ring (bicyclic) bond motifs is 2. The first-order valence-electron chi connectivity index (χ1n) is 16.2. The number of anilines is 2. The molecular weight excluding hydrogens is 674 g/mol. The lowest BCUT2D eigenvalue weighted by Gasteiger charge is -2.36. The number of halogens is 3. The lowest BCUT2D eigenvalue weighted by molar-refractivity contribution is -0.126. The van der Waals surface area contributed by atoms with Crippen LogP contribution in [-0.4, -0.2) is 104 Å². The Morgan fingerprint density at radius 1 is 1.06 bits per heavy atom. The molecule has 16 heteroatoms. The number of alkyl halides is 3. The van der Waals surface area contributed by atoms with Crippen molar-refractivity contribution < 1.29 is 17.4 Å². The Balaban J connectivity index is 1.09. The van der Waals surface area contributed by atoms with Gasteiger partial charge in [0, 0.05) is 87.5 Å². The summed E-state index contributed by atoms with van der Waals surface area (Å²) in [5, 5.41) is 27.7. The summed E-state index contributed by atoms with van der Waals surface area (Å²) >= 11 is 1.05. The number of aromatic nitrogens is 3. The van der Waals surface area contributed by atoms with E-state index in [-0.39, 0.29) is 10.9 Å². The Bertz CT molecular complexity index is 1940. The van der Waals surface area contributed by atoms with Crippen molar-refractivity contribution >= 4 is 55.2 Å². The fourth-order valence-electron chi connectivity index (χ4n) is 6.85. The maximum atomic E-state index is 13.1. The number of piperazine rings is 1. The highest BCUT2D eigenvalue weighted by Crippen LogP contribution is 2.35. The highest BCUT2D eigenvalue weighted by Gasteiger charge is 2.31. The number of piperidine rings is 1. The van der Waals surface area contributed by atoms with Gasteiger partial charge in [-0.15, -0.1) is 11.3 Å². The highest BCUT2D eigenvalue weighted by atomic mass is 32.2. The number of nitriles is 2. The number of rotatable bonds is 10. The lowest BCUT2D eigenvalue weighted by Crippen LogP contribution is -2.53. The zero-order valence-electron chi connectivity index (χ0n) is 27.7. The molecule has 0 bridgehead atoms. The number of hydrogen-bond acceptors (Lipinski definition) is 10. The van der Waals surface area contributed by atoms with Gasteiger partial charge in [0.15, 0.2) is 0 Å². The number of hydrogen-bond donors (Lipinski definition) is 2. The average Bonchev–Trinajstić information content (AvgIpc) is 3.65. The van der Waals surface area contributed by atoms with Crippen molar-refractivity contribution in [3.8, 4) is 12.1 Å². The van der Waals surface area contributed by atoms with Gasteiger partial charge < -0.3 is 15.2 Å². The molecule has 2 saturated heterocycles. The van der Waals surface area contributed by atoms with Crippen LogP contribution in [0.4, 0.5) is 24.9 Å². The summed E-state index contributed by atoms with van der Waals surface area (Å²) in [6.07, 6.45) is -1.96. The van der Waals surface area contributed by atoms with Gasteiger partial charge in [-0.05, 0) is 49.1 Å². The number of nitrogens with one attached hydrogen (secondary N) is 2. The predicted molar refractivity (Wildman–Crippen MR) is 187 cm³/mol. The van der Waals surface area contributed by atoms with E-state index in [1.165, 1.54) is 5.56 Å². The van der Waals surface area contributed by atoms with E-state index in [0.717, 1.165) is 60.3 Å². The fourth-order valence-corrected chi connectivity index (χ4v) is 8.72. The zero-order chi connectivity index (χ0) is 34.9. The smallest absolute Gasteiger partial charge is 0.367 e. The summed E-state index contributed by atoms with van der Waals surface area (Å²) in [7, 11) is 0.504. The van der Waals surface area contributed by atoms with Crippen LogP contribution >= 0.6 is 11.3 Å². The Labute approximate surface area is 289 Å². The number of likely N-dealkylation sites (tertiary alicyclic amines) is 1. The van der Waals surface area contributed by atoms with E-state index in [9.17, 15) is 27.9 Å². The number of nitrogens with zero attached hydrogens (tertiary/aromatic N) is 8. The first-order valence-corrected chi connectivity index (χ1v) is 18.6. The average molecular weight is 713 g/mol. The Morgan fingerprint density at radius 3 is 2.51 bits per heavy atom. The van der Waals surface area contributed by atoms with E-state index in [4.69, 9.17) is 0 Å². The number of aryl methyl sites for hydroxylation is 1. The summed E-state index contributed by atoms with van der Waals surface area (Å²) < 4.78 is 55.0. The van der Waals surface area contributed by atoms with Gasteiger partial charge in [-0.2, -0.15) is 28.7 Å². The first kappa shape index (κ1) is 35.0. The summed E-state index contributed by atoms with van der Waals surface area (Å²) in [5.74, 6) is 0.925. The van der Waals surface area contributed by atoms with Crippen molar-refractivity contribution in [2.24, 2.45) is 0 Å². The van der Waals surface area contributed by atoms with Gasteiger partial charge in [0.05, 0.1) is 28.9 Å². The van der Waals surface area contributed by atoms with E-state index >= 15 is 0 Å². The molecule has 2 unspecified atom stereocenters. The molecule has 0 saturated carbocycles. The van der Waals surface area contributed by atoms with Gasteiger partial charge in [0.25, 0.3) is 0 Å². The van der Waals surface area contributed by atoms with Gasteiger partial charge in [-0.1, -0.05) is 6.07 Å². The summed E-state index contributed by atoms with van der Waals surface area (Å²) in [4.78, 5) is 14.3. The molecule has 5 heterocycles. The van der Waals surface area contributed by atoms with Crippen LogP contribution in [0.25, 0.3) is 21.1 Å². The molecule has 4 aromatic rings. The van der Waals surface area contributed by atoms with Crippen molar-refractivity contribution in [2.45, 2.75) is 57.5 Å². The molecule has 2 aliphatic heterocycles. The minimum absolute atomic E-state index is 0.122. The van der Waals surface area contributed by atoms with Crippen LogP contribution in [0.5, 0.6) is 0 Å². The van der Waals surface area contributed by atoms with Crippen molar-refractivity contribution in [2.75, 3.05) is 63.2 Å². The maximum Gasteiger partial charge on any atom is 0.393 e. The van der Waals surface area contributed by atoms with Crippen LogP contribution in [0.2, 0.25) is 0 Å². The molecule has 6 rings (SSSR count). The van der Waals surface area contributed by atoms with E-state index in [1.807, 2.05) is 6.07 Å². The zero-order valence-corrected chi connectivity index (χ0v) is 29.3. The van der Waals surface area contributed by atoms with Gasteiger partial charge in [0.1, 0.15) is 28.5 Å². The quantitative estimate of drug-likeness (QED) is 0.237. The van der Waals surface area contributed by atoms with Gasteiger partial charge in [-0.25, -0.2) is 13.5 Å². The molecule has 2 fully saturated rings. The lowest BCUT2D eigenvalue weighted by atomic mass is 10.0. The van der Waals surface area contributed by atoms with Crippen LogP contribution in [-0.2, 0) is 30.5 Å². The molecule has 49 heavy (non-hydrogen) atoms. The summed E-state index contributed by atoms with van der Waals surface area (Å²) in [5.41, 5.74) is 3.96. The Morgan fingerprint density at radius 2 is 1.84 bits per heavy atom. The second kappa shape index (κ2) is 14.6. The molecule has 2 aliphatic rings. The minimum Gasteiger partial charge on any atom is -0.367 e. The third-order valence-corrected chi connectivity index (χ3v) is 11.6. The molecule has 3 aromatic heterocycles. The molecule has 260 valence electrons. The Kier molecular flexibility index (Phi) is 10.4. The molecule has 0 amide bonds. The summed E-state index contributed by atoms with van der Waals surface area (Å²) in [6.45, 7) is 7.66. The molecule has 0 spiro atoms. The second-order valence-corrected chi connectivity index (χ2v) is 15.1. The standard InChI is InChI=1S/C33H39F3N10OS2/c1-21-22(4-5-29-27(21)14-24(17-37)45(29)12-10-44-11-13-46(49(3)47)25(18-38)20-44)19-43-8-6-23(7-9-43)40-30-28-15-26(16-33(34,35)36)48-31(28)42-32(39-2)41-30/h4-5,14-15,23,25H,6-13,16,19-20H2,1-3H3,(H2,39,40,41,42). The largest absolute Gasteiger partial charge is 0.393 e. The van der Waals surface area contributed by atoms with E-state index in [1.54, 1.807) is 23.7 Å². The van der Waals surface area contributed by atoms with Crippen LogP contribution in [0.3, 0.4) is 0 Å². The van der Waals surface area contributed by atoms with Crippen LogP contribution in [0.15, 0.2) is 24.3 Å².